The molecule has 0 fully saturated rings. The Morgan fingerprint density at radius 3 is 2.89 bits per heavy atom. The van der Waals surface area contributed by atoms with E-state index in [4.69, 9.17) is 16.7 Å². The highest BCUT2D eigenvalue weighted by atomic mass is 127. The van der Waals surface area contributed by atoms with E-state index in [1.165, 1.54) is 12.4 Å². The van der Waals surface area contributed by atoms with Gasteiger partial charge in [0.1, 0.15) is 5.82 Å². The molecule has 1 aromatic heterocycles. The summed E-state index contributed by atoms with van der Waals surface area (Å²) in [6.45, 7) is 0. The molecule has 92 valence electrons. The highest BCUT2D eigenvalue weighted by Crippen LogP contribution is 2.26. The number of carboxylic acid groups (broad SMARTS) is 1. The van der Waals surface area contributed by atoms with Crippen LogP contribution in [-0.4, -0.2) is 21.0 Å². The number of aromatic carboxylic acids is 1. The van der Waals surface area contributed by atoms with Crippen molar-refractivity contribution in [2.75, 3.05) is 5.32 Å². The lowest BCUT2D eigenvalue weighted by Crippen LogP contribution is -2.04. The van der Waals surface area contributed by atoms with Crippen molar-refractivity contribution < 1.29 is 9.90 Å². The molecule has 1 aromatic carbocycles. The number of nitrogens with zero attached hydrogens (tertiary/aromatic N) is 2. The fraction of sp³-hybridized carbons (Fsp3) is 0. The topological polar surface area (TPSA) is 75.1 Å². The summed E-state index contributed by atoms with van der Waals surface area (Å²) in [4.78, 5) is 18.5. The van der Waals surface area contributed by atoms with Crippen LogP contribution in [0.15, 0.2) is 30.6 Å². The molecule has 2 N–H and O–H groups in total. The largest absolute Gasteiger partial charge is 0.476 e. The van der Waals surface area contributed by atoms with Crippen molar-refractivity contribution in [2.45, 2.75) is 0 Å². The molecule has 5 nitrogen and oxygen atoms in total. The van der Waals surface area contributed by atoms with E-state index in [1.54, 1.807) is 6.07 Å². The van der Waals surface area contributed by atoms with Gasteiger partial charge >= 0.3 is 5.97 Å². The van der Waals surface area contributed by atoms with E-state index in [0.29, 0.717) is 16.5 Å². The van der Waals surface area contributed by atoms with Crippen LogP contribution in [0.2, 0.25) is 5.02 Å². The number of rotatable bonds is 3. The summed E-state index contributed by atoms with van der Waals surface area (Å²) in [5, 5.41) is 12.3. The van der Waals surface area contributed by atoms with Crippen molar-refractivity contribution in [3.05, 3.63) is 44.9 Å². The Labute approximate surface area is 121 Å². The third kappa shape index (κ3) is 3.08. The first-order valence-electron chi connectivity index (χ1n) is 4.83. The molecule has 0 aliphatic heterocycles. The van der Waals surface area contributed by atoms with Crippen LogP contribution < -0.4 is 5.32 Å². The minimum absolute atomic E-state index is 0.123. The van der Waals surface area contributed by atoms with Crippen molar-refractivity contribution in [3.63, 3.8) is 0 Å². The molecule has 0 spiro atoms. The summed E-state index contributed by atoms with van der Waals surface area (Å²) in [5.74, 6) is -0.793. The van der Waals surface area contributed by atoms with Gasteiger partial charge in [0.15, 0.2) is 5.69 Å². The van der Waals surface area contributed by atoms with Gasteiger partial charge in [0.2, 0.25) is 0 Å². The number of nitrogens with one attached hydrogen (secondary N) is 1. The molecule has 2 aromatic rings. The number of aromatic nitrogens is 2. The molecule has 0 radical (unpaired) electrons. The van der Waals surface area contributed by atoms with Crippen LogP contribution in [0.3, 0.4) is 0 Å². The molecule has 0 aliphatic rings. The maximum atomic E-state index is 10.8. The van der Waals surface area contributed by atoms with Crippen molar-refractivity contribution in [3.8, 4) is 0 Å². The molecule has 0 bridgehead atoms. The maximum absolute atomic E-state index is 10.8. The highest BCUT2D eigenvalue weighted by molar-refractivity contribution is 14.1. The Bertz CT molecular complexity index is 607. The van der Waals surface area contributed by atoms with Crippen molar-refractivity contribution in [1.29, 1.82) is 0 Å². The second-order valence-corrected chi connectivity index (χ2v) is 5.00. The quantitative estimate of drug-likeness (QED) is 0.806. The van der Waals surface area contributed by atoms with E-state index < -0.39 is 5.97 Å². The van der Waals surface area contributed by atoms with Gasteiger partial charge < -0.3 is 10.4 Å². The fourth-order valence-electron chi connectivity index (χ4n) is 1.26. The third-order valence-electron chi connectivity index (χ3n) is 2.04. The molecule has 7 heteroatoms. The van der Waals surface area contributed by atoms with E-state index in [9.17, 15) is 4.79 Å². The average molecular weight is 376 g/mol. The Morgan fingerprint density at radius 1 is 1.39 bits per heavy atom. The van der Waals surface area contributed by atoms with E-state index in [0.717, 1.165) is 3.57 Å². The maximum Gasteiger partial charge on any atom is 0.356 e. The second-order valence-electron chi connectivity index (χ2n) is 3.34. The first-order valence-corrected chi connectivity index (χ1v) is 6.29. The number of carboxylic acids is 1. The minimum atomic E-state index is -1.13. The van der Waals surface area contributed by atoms with Gasteiger partial charge in [-0.15, -0.1) is 0 Å². The van der Waals surface area contributed by atoms with Gasteiger partial charge in [-0.2, -0.15) is 0 Å². The predicted octanol–water partition coefficient (Wildman–Crippen LogP) is 3.18. The monoisotopic (exact) mass is 375 g/mol. The Kier molecular flexibility index (Phi) is 3.97. The first kappa shape index (κ1) is 13.0. The molecular weight excluding hydrogens is 368 g/mol. The zero-order chi connectivity index (χ0) is 13.1. The SMILES string of the molecule is O=C(O)c1cncc(Nc2cc(I)ccc2Cl)n1. The summed E-state index contributed by atoms with van der Waals surface area (Å²) in [5.41, 5.74) is 0.530. The van der Waals surface area contributed by atoms with Crippen molar-refractivity contribution >= 4 is 51.7 Å². The Hall–Kier alpha value is -1.41. The number of hydrogen-bond donors (Lipinski definition) is 2. The van der Waals surface area contributed by atoms with E-state index in [-0.39, 0.29) is 5.69 Å². The van der Waals surface area contributed by atoms with Crippen molar-refractivity contribution in [2.24, 2.45) is 0 Å². The van der Waals surface area contributed by atoms with E-state index >= 15 is 0 Å². The zero-order valence-corrected chi connectivity index (χ0v) is 11.8. The first-order chi connectivity index (χ1) is 8.56. The van der Waals surface area contributed by atoms with Gasteiger partial charge in [0, 0.05) is 3.57 Å². The van der Waals surface area contributed by atoms with Crippen LogP contribution in [0.1, 0.15) is 10.5 Å². The van der Waals surface area contributed by atoms with Crippen LogP contribution in [0.25, 0.3) is 0 Å². The smallest absolute Gasteiger partial charge is 0.356 e. The van der Waals surface area contributed by atoms with Crippen LogP contribution in [0, 0.1) is 3.57 Å². The molecule has 0 amide bonds. The molecular formula is C11H7ClIN3O2. The summed E-state index contributed by atoms with van der Waals surface area (Å²) in [7, 11) is 0. The molecule has 0 atom stereocenters. The standard InChI is InChI=1S/C11H7ClIN3O2/c12-7-2-1-6(13)3-8(7)15-10-5-14-4-9(16-10)11(17)18/h1-5H,(H,15,16)(H,17,18). The molecule has 0 unspecified atom stereocenters. The van der Waals surface area contributed by atoms with Gasteiger partial charge in [-0.25, -0.2) is 9.78 Å². The lowest BCUT2D eigenvalue weighted by Gasteiger charge is -2.08. The molecule has 0 saturated carbocycles. The minimum Gasteiger partial charge on any atom is -0.476 e. The molecule has 18 heavy (non-hydrogen) atoms. The third-order valence-corrected chi connectivity index (χ3v) is 3.05. The second kappa shape index (κ2) is 5.49. The Morgan fingerprint density at radius 2 is 2.17 bits per heavy atom. The Balaban J connectivity index is 2.31. The number of anilines is 2. The normalized spacial score (nSPS) is 10.1. The summed E-state index contributed by atoms with van der Waals surface area (Å²) >= 11 is 8.17. The van der Waals surface area contributed by atoms with Crippen LogP contribution in [-0.2, 0) is 0 Å². The lowest BCUT2D eigenvalue weighted by atomic mass is 10.3. The molecule has 2 rings (SSSR count). The van der Waals surface area contributed by atoms with Gasteiger partial charge in [-0.05, 0) is 40.8 Å². The van der Waals surface area contributed by atoms with Crippen LogP contribution in [0.4, 0.5) is 11.5 Å². The fourth-order valence-corrected chi connectivity index (χ4v) is 1.92. The summed E-state index contributed by atoms with van der Waals surface area (Å²) in [6, 6.07) is 5.45. The van der Waals surface area contributed by atoms with Crippen LogP contribution >= 0.6 is 34.2 Å². The van der Waals surface area contributed by atoms with E-state index in [1.807, 2.05) is 12.1 Å². The van der Waals surface area contributed by atoms with Gasteiger partial charge in [-0.3, -0.25) is 4.98 Å². The van der Waals surface area contributed by atoms with Crippen LogP contribution in [0.5, 0.6) is 0 Å². The highest BCUT2D eigenvalue weighted by Gasteiger charge is 2.07. The van der Waals surface area contributed by atoms with Crippen molar-refractivity contribution in [1.82, 2.24) is 9.97 Å². The van der Waals surface area contributed by atoms with E-state index in [2.05, 4.69) is 37.9 Å². The average Bonchev–Trinajstić information content (AvgIpc) is 2.34. The zero-order valence-electron chi connectivity index (χ0n) is 8.89. The number of halogens is 2. The molecule has 0 aliphatic carbocycles. The van der Waals surface area contributed by atoms with Gasteiger partial charge in [0.25, 0.3) is 0 Å². The summed E-state index contributed by atoms with van der Waals surface area (Å²) < 4.78 is 1.00. The molecule has 1 heterocycles. The summed E-state index contributed by atoms with van der Waals surface area (Å²) in [6.07, 6.45) is 2.62. The van der Waals surface area contributed by atoms with Gasteiger partial charge in [-0.1, -0.05) is 11.6 Å². The number of carbonyl (C=O) groups is 1. The number of hydrogen-bond acceptors (Lipinski definition) is 4. The molecule has 0 saturated heterocycles. The lowest BCUT2D eigenvalue weighted by molar-refractivity contribution is 0.0690. The number of benzene rings is 1. The predicted molar refractivity (Wildman–Crippen MR) is 76.4 cm³/mol. The van der Waals surface area contributed by atoms with Gasteiger partial charge in [0.05, 0.1) is 23.1 Å².